The minimum Gasteiger partial charge on any atom is -0.406 e. The molecular weight excluding hydrogens is 306 g/mol. The van der Waals surface area contributed by atoms with Crippen LogP contribution in [-0.2, 0) is 11.2 Å². The fourth-order valence-corrected chi connectivity index (χ4v) is 2.76. The SMILES string of the molecule is CCc1cccc(C)c1NC(=O)C(C)n1c(=O)oc2cccnc21. The van der Waals surface area contributed by atoms with Crippen LogP contribution in [0.15, 0.2) is 45.7 Å². The zero-order chi connectivity index (χ0) is 17.3. The van der Waals surface area contributed by atoms with Crippen molar-refractivity contribution in [1.82, 2.24) is 9.55 Å². The average Bonchev–Trinajstić information content (AvgIpc) is 2.91. The molecule has 6 nitrogen and oxygen atoms in total. The number of rotatable bonds is 4. The molecule has 2 heterocycles. The molecule has 1 aromatic carbocycles. The molecule has 1 atom stereocenters. The summed E-state index contributed by atoms with van der Waals surface area (Å²) in [5.41, 5.74) is 3.57. The molecule has 0 radical (unpaired) electrons. The Morgan fingerprint density at radius 3 is 2.88 bits per heavy atom. The van der Waals surface area contributed by atoms with Crippen molar-refractivity contribution in [3.05, 3.63) is 58.2 Å². The summed E-state index contributed by atoms with van der Waals surface area (Å²) in [4.78, 5) is 28.9. The zero-order valence-corrected chi connectivity index (χ0v) is 13.9. The van der Waals surface area contributed by atoms with Gasteiger partial charge in [0.1, 0.15) is 6.04 Å². The Balaban J connectivity index is 1.96. The molecule has 0 aliphatic heterocycles. The number of anilines is 1. The van der Waals surface area contributed by atoms with E-state index >= 15 is 0 Å². The number of nitrogens with zero attached hydrogens (tertiary/aromatic N) is 2. The number of amides is 1. The molecule has 0 saturated carbocycles. The van der Waals surface area contributed by atoms with Crippen LogP contribution in [0.3, 0.4) is 0 Å². The van der Waals surface area contributed by atoms with Gasteiger partial charge >= 0.3 is 5.76 Å². The lowest BCUT2D eigenvalue weighted by molar-refractivity contribution is -0.118. The summed E-state index contributed by atoms with van der Waals surface area (Å²) in [6.07, 6.45) is 2.37. The molecule has 0 fully saturated rings. The predicted octanol–water partition coefficient (Wildman–Crippen LogP) is 3.06. The maximum absolute atomic E-state index is 12.7. The molecule has 3 rings (SSSR count). The average molecular weight is 325 g/mol. The van der Waals surface area contributed by atoms with Crippen molar-refractivity contribution in [2.24, 2.45) is 0 Å². The molecule has 0 bridgehead atoms. The molecule has 0 aliphatic rings. The number of nitrogens with one attached hydrogen (secondary N) is 1. The van der Waals surface area contributed by atoms with Gasteiger partial charge in [0, 0.05) is 11.9 Å². The topological polar surface area (TPSA) is 77.1 Å². The first-order chi connectivity index (χ1) is 11.5. The maximum Gasteiger partial charge on any atom is 0.421 e. The van der Waals surface area contributed by atoms with Crippen LogP contribution in [0.25, 0.3) is 11.2 Å². The number of fused-ring (bicyclic) bond motifs is 1. The number of hydrogen-bond donors (Lipinski definition) is 1. The highest BCUT2D eigenvalue weighted by Crippen LogP contribution is 2.23. The van der Waals surface area contributed by atoms with E-state index in [0.29, 0.717) is 11.2 Å². The second-order valence-electron chi connectivity index (χ2n) is 5.69. The number of para-hydroxylation sites is 1. The van der Waals surface area contributed by atoms with E-state index in [9.17, 15) is 9.59 Å². The highest BCUT2D eigenvalue weighted by Gasteiger charge is 2.23. The highest BCUT2D eigenvalue weighted by molar-refractivity contribution is 5.95. The number of aryl methyl sites for hydroxylation is 2. The standard InChI is InChI=1S/C18H19N3O3/c1-4-13-8-5-7-11(2)15(13)20-17(22)12(3)21-16-14(24-18(21)23)9-6-10-19-16/h5-10,12H,4H2,1-3H3,(H,20,22). The molecule has 2 aromatic heterocycles. The van der Waals surface area contributed by atoms with Crippen molar-refractivity contribution in [2.45, 2.75) is 33.2 Å². The van der Waals surface area contributed by atoms with Crippen LogP contribution < -0.4 is 11.1 Å². The number of pyridine rings is 1. The molecular formula is C18H19N3O3. The molecule has 6 heteroatoms. The summed E-state index contributed by atoms with van der Waals surface area (Å²) >= 11 is 0. The molecule has 0 spiro atoms. The van der Waals surface area contributed by atoms with Crippen LogP contribution in [-0.4, -0.2) is 15.5 Å². The fourth-order valence-electron chi connectivity index (χ4n) is 2.76. The molecule has 3 aromatic rings. The Morgan fingerprint density at radius 2 is 2.12 bits per heavy atom. The van der Waals surface area contributed by atoms with E-state index in [1.807, 2.05) is 32.0 Å². The van der Waals surface area contributed by atoms with Gasteiger partial charge in [0.15, 0.2) is 11.2 Å². The van der Waals surface area contributed by atoms with Crippen molar-refractivity contribution in [3.63, 3.8) is 0 Å². The van der Waals surface area contributed by atoms with Gasteiger partial charge in [-0.3, -0.25) is 4.79 Å². The summed E-state index contributed by atoms with van der Waals surface area (Å²) in [5, 5.41) is 2.94. The molecule has 124 valence electrons. The number of benzene rings is 1. The van der Waals surface area contributed by atoms with Gasteiger partial charge in [0.2, 0.25) is 5.91 Å². The van der Waals surface area contributed by atoms with Gasteiger partial charge in [0.05, 0.1) is 0 Å². The van der Waals surface area contributed by atoms with Crippen LogP contribution in [0.1, 0.15) is 31.0 Å². The van der Waals surface area contributed by atoms with Crippen LogP contribution in [0.2, 0.25) is 0 Å². The Hall–Kier alpha value is -2.89. The lowest BCUT2D eigenvalue weighted by Gasteiger charge is -2.16. The van der Waals surface area contributed by atoms with Gasteiger partial charge in [-0.25, -0.2) is 14.3 Å². The summed E-state index contributed by atoms with van der Waals surface area (Å²) < 4.78 is 6.43. The monoisotopic (exact) mass is 325 g/mol. The maximum atomic E-state index is 12.7. The molecule has 0 saturated heterocycles. The Bertz CT molecular complexity index is 956. The molecule has 1 amide bonds. The van der Waals surface area contributed by atoms with Crippen LogP contribution >= 0.6 is 0 Å². The number of aromatic nitrogens is 2. The fraction of sp³-hybridized carbons (Fsp3) is 0.278. The van der Waals surface area contributed by atoms with Gasteiger partial charge in [-0.05, 0) is 43.5 Å². The van der Waals surface area contributed by atoms with Crippen molar-refractivity contribution < 1.29 is 9.21 Å². The van der Waals surface area contributed by atoms with E-state index in [1.54, 1.807) is 25.3 Å². The second-order valence-corrected chi connectivity index (χ2v) is 5.69. The Morgan fingerprint density at radius 1 is 1.33 bits per heavy atom. The Kier molecular flexibility index (Phi) is 4.20. The predicted molar refractivity (Wildman–Crippen MR) is 92.2 cm³/mol. The minimum atomic E-state index is -0.738. The van der Waals surface area contributed by atoms with E-state index in [2.05, 4.69) is 10.3 Å². The number of hydrogen-bond acceptors (Lipinski definition) is 4. The quantitative estimate of drug-likeness (QED) is 0.800. The van der Waals surface area contributed by atoms with E-state index in [0.717, 1.165) is 23.2 Å². The first-order valence-electron chi connectivity index (χ1n) is 7.88. The number of carbonyl (C=O) groups excluding carboxylic acids is 1. The third kappa shape index (κ3) is 2.71. The zero-order valence-electron chi connectivity index (χ0n) is 13.9. The van der Waals surface area contributed by atoms with Crippen LogP contribution in [0.5, 0.6) is 0 Å². The third-order valence-electron chi connectivity index (χ3n) is 4.13. The van der Waals surface area contributed by atoms with Crippen LogP contribution in [0, 0.1) is 6.92 Å². The minimum absolute atomic E-state index is 0.283. The van der Waals surface area contributed by atoms with E-state index in [1.165, 1.54) is 4.57 Å². The number of oxazole rings is 1. The van der Waals surface area contributed by atoms with Gasteiger partial charge in [-0.1, -0.05) is 25.1 Å². The van der Waals surface area contributed by atoms with E-state index < -0.39 is 11.8 Å². The van der Waals surface area contributed by atoms with Crippen LogP contribution in [0.4, 0.5) is 5.69 Å². The van der Waals surface area contributed by atoms with Gasteiger partial charge in [0.25, 0.3) is 0 Å². The Labute approximate surface area is 139 Å². The molecule has 0 aliphatic carbocycles. The van der Waals surface area contributed by atoms with Gasteiger partial charge in [-0.15, -0.1) is 0 Å². The lowest BCUT2D eigenvalue weighted by Crippen LogP contribution is -2.30. The third-order valence-corrected chi connectivity index (χ3v) is 4.13. The van der Waals surface area contributed by atoms with Gasteiger partial charge in [-0.2, -0.15) is 0 Å². The molecule has 1 unspecified atom stereocenters. The van der Waals surface area contributed by atoms with Crippen molar-refractivity contribution in [3.8, 4) is 0 Å². The molecule has 1 N–H and O–H groups in total. The summed E-state index contributed by atoms with van der Waals surface area (Å²) in [7, 11) is 0. The van der Waals surface area contributed by atoms with E-state index in [4.69, 9.17) is 4.42 Å². The van der Waals surface area contributed by atoms with Crippen molar-refractivity contribution in [1.29, 1.82) is 0 Å². The normalized spacial score (nSPS) is 12.3. The molecule has 24 heavy (non-hydrogen) atoms. The first-order valence-corrected chi connectivity index (χ1v) is 7.88. The summed E-state index contributed by atoms with van der Waals surface area (Å²) in [6, 6.07) is 8.49. The van der Waals surface area contributed by atoms with E-state index in [-0.39, 0.29) is 5.91 Å². The summed E-state index contributed by atoms with van der Waals surface area (Å²) in [6.45, 7) is 5.64. The van der Waals surface area contributed by atoms with Gasteiger partial charge < -0.3 is 9.73 Å². The number of carbonyl (C=O) groups is 1. The largest absolute Gasteiger partial charge is 0.421 e. The second kappa shape index (κ2) is 6.31. The van der Waals surface area contributed by atoms with Crippen molar-refractivity contribution in [2.75, 3.05) is 5.32 Å². The highest BCUT2D eigenvalue weighted by atomic mass is 16.4. The lowest BCUT2D eigenvalue weighted by atomic mass is 10.1. The first kappa shape index (κ1) is 16.0. The smallest absolute Gasteiger partial charge is 0.406 e. The summed E-state index contributed by atoms with van der Waals surface area (Å²) in [5.74, 6) is -0.874. The van der Waals surface area contributed by atoms with Crippen molar-refractivity contribution >= 4 is 22.8 Å².